The molecule has 1 aromatic carbocycles. The molecule has 4 heteroatoms. The first kappa shape index (κ1) is 14.2. The molecule has 1 aromatic rings. The number of carbonyl (C=O) groups excluding carboxylic acids is 1. The molecule has 0 unspecified atom stereocenters. The Morgan fingerprint density at radius 3 is 2.39 bits per heavy atom. The van der Waals surface area contributed by atoms with Gasteiger partial charge in [0, 0.05) is 13.0 Å². The van der Waals surface area contributed by atoms with Gasteiger partial charge in [-0.25, -0.2) is 0 Å². The number of hydrogen-bond donors (Lipinski definition) is 2. The number of rotatable bonds is 6. The highest BCUT2D eigenvalue weighted by Gasteiger charge is 2.27. The van der Waals surface area contributed by atoms with Crippen LogP contribution in [0.1, 0.15) is 25.8 Å². The molecule has 0 heterocycles. The van der Waals surface area contributed by atoms with Crippen molar-refractivity contribution in [1.82, 2.24) is 5.32 Å². The molecule has 0 fully saturated rings. The maximum absolute atomic E-state index is 11.6. The van der Waals surface area contributed by atoms with E-state index in [-0.39, 0.29) is 12.5 Å². The summed E-state index contributed by atoms with van der Waals surface area (Å²) in [6, 6.07) is 9.73. The van der Waals surface area contributed by atoms with E-state index in [4.69, 9.17) is 5.11 Å². The SMILES string of the molecule is CC(C)(CNC(=O)CCc1ccccc1)C(=O)O. The fourth-order valence-electron chi connectivity index (χ4n) is 1.39. The standard InChI is InChI=1S/C14H19NO3/c1-14(2,13(17)18)10-15-12(16)9-8-11-6-4-3-5-7-11/h3-7H,8-10H2,1-2H3,(H,15,16)(H,17,18). The first-order chi connectivity index (χ1) is 8.42. The number of carboxylic acid groups (broad SMARTS) is 1. The lowest BCUT2D eigenvalue weighted by atomic mass is 9.94. The molecule has 0 spiro atoms. The van der Waals surface area contributed by atoms with E-state index < -0.39 is 11.4 Å². The number of benzene rings is 1. The van der Waals surface area contributed by atoms with Crippen LogP contribution in [0.5, 0.6) is 0 Å². The Kier molecular flexibility index (Phi) is 4.89. The minimum absolute atomic E-state index is 0.117. The lowest BCUT2D eigenvalue weighted by Crippen LogP contribution is -2.38. The molecule has 18 heavy (non-hydrogen) atoms. The summed E-state index contributed by atoms with van der Waals surface area (Å²) in [6.07, 6.45) is 1.04. The smallest absolute Gasteiger partial charge is 0.310 e. The molecule has 0 radical (unpaired) electrons. The van der Waals surface area contributed by atoms with Gasteiger partial charge < -0.3 is 10.4 Å². The molecule has 4 nitrogen and oxygen atoms in total. The van der Waals surface area contributed by atoms with Crippen LogP contribution < -0.4 is 5.32 Å². The quantitative estimate of drug-likeness (QED) is 0.808. The highest BCUT2D eigenvalue weighted by Crippen LogP contribution is 2.13. The van der Waals surface area contributed by atoms with Crippen molar-refractivity contribution in [3.05, 3.63) is 35.9 Å². The van der Waals surface area contributed by atoms with Crippen LogP contribution in [0.4, 0.5) is 0 Å². The van der Waals surface area contributed by atoms with E-state index in [1.54, 1.807) is 13.8 Å². The molecule has 0 atom stereocenters. The molecule has 0 bridgehead atoms. The molecule has 0 aliphatic rings. The van der Waals surface area contributed by atoms with E-state index in [9.17, 15) is 9.59 Å². The molecule has 0 saturated carbocycles. The maximum atomic E-state index is 11.6. The Labute approximate surface area is 107 Å². The Morgan fingerprint density at radius 1 is 1.22 bits per heavy atom. The van der Waals surface area contributed by atoms with Crippen molar-refractivity contribution in [3.63, 3.8) is 0 Å². The van der Waals surface area contributed by atoms with Crippen LogP contribution in [0.2, 0.25) is 0 Å². The summed E-state index contributed by atoms with van der Waals surface area (Å²) in [5, 5.41) is 11.6. The maximum Gasteiger partial charge on any atom is 0.310 e. The van der Waals surface area contributed by atoms with Gasteiger partial charge in [0.1, 0.15) is 0 Å². The molecular weight excluding hydrogens is 230 g/mol. The van der Waals surface area contributed by atoms with E-state index in [1.165, 1.54) is 0 Å². The second-order valence-electron chi connectivity index (χ2n) is 4.95. The van der Waals surface area contributed by atoms with Gasteiger partial charge in [-0.2, -0.15) is 0 Å². The van der Waals surface area contributed by atoms with Crippen molar-refractivity contribution in [2.45, 2.75) is 26.7 Å². The number of nitrogens with one attached hydrogen (secondary N) is 1. The fourth-order valence-corrected chi connectivity index (χ4v) is 1.39. The van der Waals surface area contributed by atoms with Crippen molar-refractivity contribution >= 4 is 11.9 Å². The summed E-state index contributed by atoms with van der Waals surface area (Å²) in [4.78, 5) is 22.4. The average molecular weight is 249 g/mol. The monoisotopic (exact) mass is 249 g/mol. The molecule has 0 aromatic heterocycles. The van der Waals surface area contributed by atoms with Gasteiger partial charge in [-0.15, -0.1) is 0 Å². The number of carbonyl (C=O) groups is 2. The van der Waals surface area contributed by atoms with Gasteiger partial charge in [-0.1, -0.05) is 30.3 Å². The Morgan fingerprint density at radius 2 is 1.83 bits per heavy atom. The van der Waals surface area contributed by atoms with E-state index in [1.807, 2.05) is 30.3 Å². The van der Waals surface area contributed by atoms with Crippen LogP contribution in [-0.4, -0.2) is 23.5 Å². The van der Waals surface area contributed by atoms with Crippen LogP contribution in [0.3, 0.4) is 0 Å². The third-order valence-electron chi connectivity index (χ3n) is 2.79. The normalized spacial score (nSPS) is 11.0. The number of amides is 1. The zero-order chi connectivity index (χ0) is 13.6. The number of aryl methyl sites for hydroxylation is 1. The molecule has 1 rings (SSSR count). The van der Waals surface area contributed by atoms with Crippen LogP contribution in [0, 0.1) is 5.41 Å². The van der Waals surface area contributed by atoms with Gasteiger partial charge in [-0.3, -0.25) is 9.59 Å². The van der Waals surface area contributed by atoms with Crippen molar-refractivity contribution < 1.29 is 14.7 Å². The van der Waals surface area contributed by atoms with Gasteiger partial charge in [-0.05, 0) is 25.8 Å². The fraction of sp³-hybridized carbons (Fsp3) is 0.429. The van der Waals surface area contributed by atoms with Crippen LogP contribution in [-0.2, 0) is 16.0 Å². The van der Waals surface area contributed by atoms with Crippen LogP contribution >= 0.6 is 0 Å². The van der Waals surface area contributed by atoms with Gasteiger partial charge in [0.15, 0.2) is 0 Å². The van der Waals surface area contributed by atoms with E-state index in [0.717, 1.165) is 5.56 Å². The predicted octanol–water partition coefficient (Wildman–Crippen LogP) is 1.85. The summed E-state index contributed by atoms with van der Waals surface area (Å²) in [5.41, 5.74) is 0.174. The summed E-state index contributed by atoms with van der Waals surface area (Å²) in [5.74, 6) is -1.03. The van der Waals surface area contributed by atoms with Gasteiger partial charge in [0.25, 0.3) is 0 Å². The molecular formula is C14H19NO3. The Balaban J connectivity index is 2.33. The van der Waals surface area contributed by atoms with E-state index in [2.05, 4.69) is 5.32 Å². The molecule has 98 valence electrons. The van der Waals surface area contributed by atoms with Gasteiger partial charge in [0.05, 0.1) is 5.41 Å². The van der Waals surface area contributed by atoms with Crippen LogP contribution in [0.25, 0.3) is 0 Å². The summed E-state index contributed by atoms with van der Waals surface area (Å²) in [6.45, 7) is 3.33. The van der Waals surface area contributed by atoms with Crippen molar-refractivity contribution in [3.8, 4) is 0 Å². The average Bonchev–Trinajstić information content (AvgIpc) is 2.35. The predicted molar refractivity (Wildman–Crippen MR) is 69.2 cm³/mol. The lowest BCUT2D eigenvalue weighted by molar-refractivity contribution is -0.146. The zero-order valence-electron chi connectivity index (χ0n) is 10.8. The zero-order valence-corrected chi connectivity index (χ0v) is 10.8. The van der Waals surface area contributed by atoms with Crippen molar-refractivity contribution in [2.75, 3.05) is 6.54 Å². The molecule has 2 N–H and O–H groups in total. The van der Waals surface area contributed by atoms with E-state index in [0.29, 0.717) is 12.8 Å². The molecule has 0 saturated heterocycles. The highest BCUT2D eigenvalue weighted by atomic mass is 16.4. The topological polar surface area (TPSA) is 66.4 Å². The van der Waals surface area contributed by atoms with E-state index >= 15 is 0 Å². The molecule has 0 aliphatic carbocycles. The van der Waals surface area contributed by atoms with Crippen LogP contribution in [0.15, 0.2) is 30.3 Å². The van der Waals surface area contributed by atoms with Crippen molar-refractivity contribution in [1.29, 1.82) is 0 Å². The number of carboxylic acids is 1. The Bertz CT molecular complexity index is 412. The Hall–Kier alpha value is -1.84. The number of hydrogen-bond acceptors (Lipinski definition) is 2. The first-order valence-electron chi connectivity index (χ1n) is 5.96. The molecule has 1 amide bonds. The summed E-state index contributed by atoms with van der Waals surface area (Å²) < 4.78 is 0. The number of aliphatic carboxylic acids is 1. The lowest BCUT2D eigenvalue weighted by Gasteiger charge is -2.19. The summed E-state index contributed by atoms with van der Waals surface area (Å²) in [7, 11) is 0. The minimum Gasteiger partial charge on any atom is -0.481 e. The third-order valence-corrected chi connectivity index (χ3v) is 2.79. The second-order valence-corrected chi connectivity index (χ2v) is 4.95. The minimum atomic E-state index is -0.928. The van der Waals surface area contributed by atoms with Crippen molar-refractivity contribution in [2.24, 2.45) is 5.41 Å². The summed E-state index contributed by atoms with van der Waals surface area (Å²) >= 11 is 0. The largest absolute Gasteiger partial charge is 0.481 e. The van der Waals surface area contributed by atoms with Gasteiger partial charge >= 0.3 is 5.97 Å². The van der Waals surface area contributed by atoms with Gasteiger partial charge in [0.2, 0.25) is 5.91 Å². The third kappa shape index (κ3) is 4.57. The first-order valence-corrected chi connectivity index (χ1v) is 5.96. The molecule has 0 aliphatic heterocycles. The highest BCUT2D eigenvalue weighted by molar-refractivity contribution is 5.78. The second kappa shape index (κ2) is 6.19.